The number of ether oxygens (including phenoxy) is 1. The van der Waals surface area contributed by atoms with Crippen molar-refractivity contribution in [3.63, 3.8) is 0 Å². The molecule has 1 aliphatic carbocycles. The van der Waals surface area contributed by atoms with Crippen LogP contribution in [0.25, 0.3) is 0 Å². The summed E-state index contributed by atoms with van der Waals surface area (Å²) >= 11 is 0. The standard InChI is InChI=1S/C16H19NO2/c17-11-15(9-10-19-12-15)16(18)8-4-3-6-13-5-1-2-7-14(13)16/h1-2,5,7,18H,3-4,6,8-10,12H2. The van der Waals surface area contributed by atoms with Crippen LogP contribution in [0, 0.1) is 16.7 Å². The van der Waals surface area contributed by atoms with Gasteiger partial charge in [-0.05, 0) is 43.2 Å². The number of hydrogen-bond donors (Lipinski definition) is 1. The minimum Gasteiger partial charge on any atom is -0.383 e. The van der Waals surface area contributed by atoms with Crippen LogP contribution in [0.15, 0.2) is 24.3 Å². The molecule has 2 unspecified atom stereocenters. The zero-order chi connectivity index (χ0) is 13.3. The van der Waals surface area contributed by atoms with Gasteiger partial charge >= 0.3 is 0 Å². The summed E-state index contributed by atoms with van der Waals surface area (Å²) in [4.78, 5) is 0. The normalized spacial score (nSPS) is 34.3. The second-order valence-electron chi connectivity index (χ2n) is 5.72. The number of rotatable bonds is 1. The Bertz CT molecular complexity index is 514. The fourth-order valence-electron chi connectivity index (χ4n) is 3.54. The van der Waals surface area contributed by atoms with Gasteiger partial charge in [-0.25, -0.2) is 0 Å². The molecular formula is C16H19NO2. The molecule has 1 heterocycles. The van der Waals surface area contributed by atoms with Gasteiger partial charge in [-0.3, -0.25) is 0 Å². The van der Waals surface area contributed by atoms with Crippen molar-refractivity contribution in [2.75, 3.05) is 13.2 Å². The predicted molar refractivity (Wildman–Crippen MR) is 71.4 cm³/mol. The van der Waals surface area contributed by atoms with E-state index in [9.17, 15) is 10.4 Å². The Balaban J connectivity index is 2.15. The SMILES string of the molecule is N#CC1(C2(O)CCCCc3ccccc32)CCOC1. The molecule has 1 aliphatic heterocycles. The summed E-state index contributed by atoms with van der Waals surface area (Å²) in [6.45, 7) is 0.909. The van der Waals surface area contributed by atoms with E-state index in [2.05, 4.69) is 12.1 Å². The molecule has 0 spiro atoms. The molecule has 2 aliphatic rings. The Labute approximate surface area is 113 Å². The lowest BCUT2D eigenvalue weighted by Gasteiger charge is -2.40. The number of aryl methyl sites for hydroxylation is 1. The summed E-state index contributed by atoms with van der Waals surface area (Å²) in [6.07, 6.45) is 4.28. The largest absolute Gasteiger partial charge is 0.383 e. The fraction of sp³-hybridized carbons (Fsp3) is 0.562. The highest BCUT2D eigenvalue weighted by Gasteiger charge is 2.55. The van der Waals surface area contributed by atoms with Crippen LogP contribution < -0.4 is 0 Å². The molecule has 1 saturated heterocycles. The maximum Gasteiger partial charge on any atom is 0.116 e. The van der Waals surface area contributed by atoms with E-state index in [-0.39, 0.29) is 0 Å². The first-order chi connectivity index (χ1) is 9.22. The molecule has 1 aromatic carbocycles. The molecule has 1 N–H and O–H groups in total. The first-order valence-corrected chi connectivity index (χ1v) is 7.02. The Morgan fingerprint density at radius 3 is 2.79 bits per heavy atom. The third-order valence-electron chi connectivity index (χ3n) is 4.72. The van der Waals surface area contributed by atoms with Crippen molar-refractivity contribution in [1.29, 1.82) is 5.26 Å². The third kappa shape index (κ3) is 1.79. The molecule has 0 amide bonds. The molecule has 0 saturated carbocycles. The van der Waals surface area contributed by atoms with Crippen LogP contribution >= 0.6 is 0 Å². The predicted octanol–water partition coefficient (Wildman–Crippen LogP) is 2.53. The number of aliphatic hydroxyl groups is 1. The number of benzene rings is 1. The van der Waals surface area contributed by atoms with Crippen molar-refractivity contribution < 1.29 is 9.84 Å². The molecule has 19 heavy (non-hydrogen) atoms. The Morgan fingerprint density at radius 2 is 2.05 bits per heavy atom. The summed E-state index contributed by atoms with van der Waals surface area (Å²) in [7, 11) is 0. The van der Waals surface area contributed by atoms with Crippen LogP contribution in [0.1, 0.15) is 36.8 Å². The lowest BCUT2D eigenvalue weighted by Crippen LogP contribution is -2.45. The minimum atomic E-state index is -1.06. The van der Waals surface area contributed by atoms with E-state index in [0.29, 0.717) is 26.1 Å². The molecule has 1 aromatic rings. The first-order valence-electron chi connectivity index (χ1n) is 7.02. The Morgan fingerprint density at radius 1 is 1.21 bits per heavy atom. The van der Waals surface area contributed by atoms with Gasteiger partial charge in [0.25, 0.3) is 0 Å². The zero-order valence-electron chi connectivity index (χ0n) is 11.1. The maximum absolute atomic E-state index is 11.4. The van der Waals surface area contributed by atoms with Crippen molar-refractivity contribution in [2.24, 2.45) is 5.41 Å². The molecule has 1 fully saturated rings. The van der Waals surface area contributed by atoms with Crippen molar-refractivity contribution in [3.8, 4) is 6.07 Å². The molecule has 3 nitrogen and oxygen atoms in total. The molecular weight excluding hydrogens is 238 g/mol. The van der Waals surface area contributed by atoms with Gasteiger partial charge in [-0.2, -0.15) is 5.26 Å². The maximum atomic E-state index is 11.4. The van der Waals surface area contributed by atoms with Crippen LogP contribution in [0.3, 0.4) is 0 Å². The van der Waals surface area contributed by atoms with E-state index >= 15 is 0 Å². The van der Waals surface area contributed by atoms with E-state index in [1.165, 1.54) is 5.56 Å². The van der Waals surface area contributed by atoms with Gasteiger partial charge < -0.3 is 9.84 Å². The fourth-order valence-corrected chi connectivity index (χ4v) is 3.54. The van der Waals surface area contributed by atoms with Crippen molar-refractivity contribution in [1.82, 2.24) is 0 Å². The quantitative estimate of drug-likeness (QED) is 0.787. The molecule has 0 aromatic heterocycles. The topological polar surface area (TPSA) is 53.2 Å². The van der Waals surface area contributed by atoms with E-state index in [1.54, 1.807) is 0 Å². The van der Waals surface area contributed by atoms with Gasteiger partial charge in [-0.1, -0.05) is 24.3 Å². The highest BCUT2D eigenvalue weighted by Crippen LogP contribution is 2.50. The van der Waals surface area contributed by atoms with Gasteiger partial charge in [0.05, 0.1) is 12.7 Å². The molecule has 2 atom stereocenters. The average molecular weight is 257 g/mol. The van der Waals surface area contributed by atoms with Crippen molar-refractivity contribution >= 4 is 0 Å². The van der Waals surface area contributed by atoms with Gasteiger partial charge in [0.15, 0.2) is 0 Å². The van der Waals surface area contributed by atoms with Crippen molar-refractivity contribution in [2.45, 2.75) is 37.7 Å². The van der Waals surface area contributed by atoms with Crippen molar-refractivity contribution in [3.05, 3.63) is 35.4 Å². The molecule has 3 heteroatoms. The molecule has 100 valence electrons. The highest BCUT2D eigenvalue weighted by molar-refractivity contribution is 5.38. The van der Waals surface area contributed by atoms with Crippen LogP contribution in [0.2, 0.25) is 0 Å². The second kappa shape index (κ2) is 4.63. The van der Waals surface area contributed by atoms with E-state index in [0.717, 1.165) is 24.8 Å². The lowest BCUT2D eigenvalue weighted by atomic mass is 9.66. The monoisotopic (exact) mass is 257 g/mol. The first kappa shape index (κ1) is 12.7. The van der Waals surface area contributed by atoms with E-state index < -0.39 is 11.0 Å². The number of nitriles is 1. The van der Waals surface area contributed by atoms with Gasteiger partial charge in [0, 0.05) is 6.61 Å². The second-order valence-corrected chi connectivity index (χ2v) is 5.72. The summed E-state index contributed by atoms with van der Waals surface area (Å²) < 4.78 is 5.44. The van der Waals surface area contributed by atoms with Gasteiger partial charge in [-0.15, -0.1) is 0 Å². The van der Waals surface area contributed by atoms with E-state index in [4.69, 9.17) is 4.74 Å². The van der Waals surface area contributed by atoms with Crippen LogP contribution in [0.4, 0.5) is 0 Å². The summed E-state index contributed by atoms with van der Waals surface area (Å²) in [5.41, 5.74) is 0.280. The lowest BCUT2D eigenvalue weighted by molar-refractivity contribution is -0.0714. The minimum absolute atomic E-state index is 0.342. The number of nitrogens with zero attached hydrogens (tertiary/aromatic N) is 1. The summed E-state index contributed by atoms with van der Waals surface area (Å²) in [5, 5.41) is 21.0. The molecule has 0 bridgehead atoms. The molecule has 3 rings (SSSR count). The smallest absolute Gasteiger partial charge is 0.116 e. The average Bonchev–Trinajstić information content (AvgIpc) is 2.88. The van der Waals surface area contributed by atoms with Crippen LogP contribution in [0.5, 0.6) is 0 Å². The van der Waals surface area contributed by atoms with Gasteiger partial charge in [0.2, 0.25) is 0 Å². The zero-order valence-corrected chi connectivity index (χ0v) is 11.1. The van der Waals surface area contributed by atoms with Crippen LogP contribution in [-0.4, -0.2) is 18.3 Å². The highest BCUT2D eigenvalue weighted by atomic mass is 16.5. The number of hydrogen-bond acceptors (Lipinski definition) is 3. The van der Waals surface area contributed by atoms with Gasteiger partial charge in [0.1, 0.15) is 11.0 Å². The summed E-state index contributed by atoms with van der Waals surface area (Å²) in [6, 6.07) is 10.4. The van der Waals surface area contributed by atoms with E-state index in [1.807, 2.05) is 18.2 Å². The summed E-state index contributed by atoms with van der Waals surface area (Å²) in [5.74, 6) is 0. The molecule has 0 radical (unpaired) electrons. The number of fused-ring (bicyclic) bond motifs is 1. The third-order valence-corrected chi connectivity index (χ3v) is 4.72. The van der Waals surface area contributed by atoms with Crippen LogP contribution in [-0.2, 0) is 16.8 Å². The Hall–Kier alpha value is -1.37. The Kier molecular flexibility index (Phi) is 3.08.